The van der Waals surface area contributed by atoms with Gasteiger partial charge in [-0.3, -0.25) is 0 Å². The minimum atomic E-state index is -3.66. The molecule has 0 aliphatic heterocycles. The Morgan fingerprint density at radius 2 is 1.11 bits per heavy atom. The first-order chi connectivity index (χ1) is 8.16. The smallest absolute Gasteiger partial charge is 0.405 e. The molecule has 0 bridgehead atoms. The molecule has 2 aromatic rings. The summed E-state index contributed by atoms with van der Waals surface area (Å²) in [4.78, 5) is 0. The molecule has 0 amide bonds. The molecule has 96 valence electrons. The van der Waals surface area contributed by atoms with Gasteiger partial charge in [0.2, 0.25) is 0 Å². The molecule has 0 spiro atoms. The first kappa shape index (κ1) is 15.9. The van der Waals surface area contributed by atoms with Crippen LogP contribution in [-0.2, 0) is 4.57 Å². The number of hydrogen-bond acceptors (Lipinski definition) is 3. The maximum absolute atomic E-state index is 11.9. The fourth-order valence-corrected chi connectivity index (χ4v) is 2.50. The van der Waals surface area contributed by atoms with E-state index >= 15 is 0 Å². The van der Waals surface area contributed by atoms with E-state index in [1.165, 1.54) is 0 Å². The first-order valence-electron chi connectivity index (χ1n) is 4.95. The molecule has 0 aliphatic carbocycles. The van der Waals surface area contributed by atoms with Gasteiger partial charge in [0, 0.05) is 49.0 Å². The summed E-state index contributed by atoms with van der Waals surface area (Å²) < 4.78 is 22.1. The molecule has 0 aliphatic rings. The first-order valence-corrected chi connectivity index (χ1v) is 7.39. The summed E-state index contributed by atoms with van der Waals surface area (Å²) in [6.45, 7) is -3.66. The van der Waals surface area contributed by atoms with Crippen molar-refractivity contribution in [2.24, 2.45) is 0 Å². The van der Waals surface area contributed by atoms with Crippen LogP contribution in [0.2, 0.25) is 0 Å². The van der Waals surface area contributed by atoms with E-state index in [0.717, 1.165) is 0 Å². The Balaban J connectivity index is 0.00000162. The number of rotatable bonds is 4. The zero-order chi connectivity index (χ0) is 12.1. The van der Waals surface area contributed by atoms with Crippen LogP contribution in [-0.4, -0.2) is 0 Å². The van der Waals surface area contributed by atoms with Gasteiger partial charge in [-0.1, -0.05) is 36.4 Å². The third-order valence-electron chi connectivity index (χ3n) is 1.92. The van der Waals surface area contributed by atoms with Crippen molar-refractivity contribution in [3.05, 3.63) is 60.7 Å². The summed E-state index contributed by atoms with van der Waals surface area (Å²) in [6, 6.07) is 17.3. The van der Waals surface area contributed by atoms with E-state index in [1.807, 2.05) is 12.1 Å². The van der Waals surface area contributed by atoms with Crippen LogP contribution >= 0.6 is 18.2 Å². The zero-order valence-electron chi connectivity index (χ0n) is 9.18. The van der Waals surface area contributed by atoms with Crippen molar-refractivity contribution in [2.75, 3.05) is 0 Å². The van der Waals surface area contributed by atoms with Gasteiger partial charge in [-0.05, 0) is 24.3 Å². The molecule has 0 unspecified atom stereocenters. The summed E-state index contributed by atoms with van der Waals surface area (Å²) in [5, 5.41) is 0. The molecule has 6 heteroatoms. The van der Waals surface area contributed by atoms with Gasteiger partial charge in [0.15, 0.2) is 0 Å². The van der Waals surface area contributed by atoms with Crippen LogP contribution in [0.1, 0.15) is 0 Å². The average Bonchev–Trinajstić information content (AvgIpc) is 2.30. The van der Waals surface area contributed by atoms with E-state index in [4.69, 9.17) is 20.3 Å². The zero-order valence-corrected chi connectivity index (χ0v) is 11.5. The normalized spacial score (nSPS) is 10.3. The van der Waals surface area contributed by atoms with Crippen LogP contribution in [0, 0.1) is 37.7 Å². The van der Waals surface area contributed by atoms with Gasteiger partial charge in [-0.2, -0.15) is 0 Å². The Kier molecular flexibility index (Phi) is 6.54. The minimum Gasteiger partial charge on any atom is -0.405 e. The Morgan fingerprint density at radius 1 is 0.778 bits per heavy atom. The fourth-order valence-electron chi connectivity index (χ4n) is 1.23. The predicted octanol–water partition coefficient (Wildman–Crippen LogP) is 4.49. The number of hydrogen-bond donors (Lipinski definition) is 0. The Labute approximate surface area is 140 Å². The largest absolute Gasteiger partial charge is 0.530 e. The molecule has 0 aromatic heterocycles. The van der Waals surface area contributed by atoms with Gasteiger partial charge >= 0.3 is 6.95 Å². The van der Waals surface area contributed by atoms with Crippen molar-refractivity contribution in [3.8, 4) is 11.5 Å². The van der Waals surface area contributed by atoms with Crippen LogP contribution in [0.5, 0.6) is 11.5 Å². The van der Waals surface area contributed by atoms with Gasteiger partial charge in [0.1, 0.15) is 11.5 Å². The van der Waals surface area contributed by atoms with E-state index < -0.39 is 6.95 Å². The quantitative estimate of drug-likeness (QED) is 0.781. The van der Waals surface area contributed by atoms with Crippen molar-refractivity contribution in [2.45, 2.75) is 0 Å². The summed E-state index contributed by atoms with van der Waals surface area (Å²) in [7, 11) is 0. The molecule has 0 atom stereocenters. The second-order valence-corrected chi connectivity index (χ2v) is 5.71. The molecule has 0 radical (unpaired) electrons. The molecule has 0 heterocycles. The van der Waals surface area contributed by atoms with E-state index in [0.29, 0.717) is 11.5 Å². The number of benzene rings is 2. The van der Waals surface area contributed by atoms with Gasteiger partial charge in [0.05, 0.1) is 0 Å². The second-order valence-electron chi connectivity index (χ2n) is 3.24. The molecule has 0 saturated heterocycles. The molecule has 0 saturated carbocycles. The summed E-state index contributed by atoms with van der Waals surface area (Å²) in [5.74, 6) is 0.809. The Bertz CT molecular complexity index is 476. The summed E-state index contributed by atoms with van der Waals surface area (Å²) in [6.07, 6.45) is 0. The third kappa shape index (κ3) is 5.21. The number of halogens is 1. The molecule has 3 nitrogen and oxygen atoms in total. The SMILES string of the molecule is O=P(Cl)(Oc1ccccc1)Oc1ccccc1.[Ar]. The van der Waals surface area contributed by atoms with Crippen molar-refractivity contribution >= 4 is 18.2 Å². The van der Waals surface area contributed by atoms with Crippen molar-refractivity contribution in [3.63, 3.8) is 0 Å². The van der Waals surface area contributed by atoms with E-state index in [-0.39, 0.29) is 37.7 Å². The van der Waals surface area contributed by atoms with Crippen molar-refractivity contribution in [1.82, 2.24) is 0 Å². The minimum absolute atomic E-state index is 0. The van der Waals surface area contributed by atoms with Gasteiger partial charge in [-0.25, -0.2) is 4.57 Å². The van der Waals surface area contributed by atoms with E-state index in [9.17, 15) is 4.57 Å². The van der Waals surface area contributed by atoms with Gasteiger partial charge < -0.3 is 9.05 Å². The molecular weight excluding hydrogens is 299 g/mol. The van der Waals surface area contributed by atoms with Gasteiger partial charge in [-0.15, -0.1) is 0 Å². The van der Waals surface area contributed by atoms with Crippen LogP contribution < -0.4 is 9.05 Å². The molecule has 2 rings (SSSR count). The molecule has 0 N–H and O–H groups in total. The molecule has 0 fully saturated rings. The molecule has 2 aromatic carbocycles. The Morgan fingerprint density at radius 3 is 1.44 bits per heavy atom. The van der Waals surface area contributed by atoms with Crippen LogP contribution in [0.15, 0.2) is 60.7 Å². The predicted molar refractivity (Wildman–Crippen MR) is 67.6 cm³/mol. The maximum atomic E-state index is 11.9. The second kappa shape index (κ2) is 7.42. The van der Waals surface area contributed by atoms with Gasteiger partial charge in [0.25, 0.3) is 0 Å². The maximum Gasteiger partial charge on any atom is 0.530 e. The average molecular weight is 309 g/mol. The monoisotopic (exact) mass is 308 g/mol. The third-order valence-corrected chi connectivity index (χ3v) is 3.19. The van der Waals surface area contributed by atoms with Crippen LogP contribution in [0.4, 0.5) is 0 Å². The Hall–Kier alpha value is -0.180. The topological polar surface area (TPSA) is 35.5 Å². The van der Waals surface area contributed by atoms with E-state index in [1.54, 1.807) is 48.5 Å². The van der Waals surface area contributed by atoms with Crippen molar-refractivity contribution < 1.29 is 51.4 Å². The summed E-state index contributed by atoms with van der Waals surface area (Å²) in [5.41, 5.74) is 0. The van der Waals surface area contributed by atoms with Crippen molar-refractivity contribution in [1.29, 1.82) is 0 Å². The standard InChI is InChI=1S/C12H10ClO3P.Ar/c13-17(14,15-11-7-3-1-4-8-11)16-12-9-5-2-6-10-12;/h1-10H;. The van der Waals surface area contributed by atoms with E-state index in [2.05, 4.69) is 0 Å². The molecule has 18 heavy (non-hydrogen) atoms. The summed E-state index contributed by atoms with van der Waals surface area (Å²) >= 11 is 5.72. The van der Waals surface area contributed by atoms with Crippen LogP contribution in [0.25, 0.3) is 0 Å². The van der Waals surface area contributed by atoms with Crippen LogP contribution in [0.3, 0.4) is 0 Å². The number of para-hydroxylation sites is 2. The fraction of sp³-hybridized carbons (Fsp3) is 0. The molecular formula is C12H10ArClO3P.